The lowest BCUT2D eigenvalue weighted by Gasteiger charge is -2.54. The van der Waals surface area contributed by atoms with Gasteiger partial charge in [0.15, 0.2) is 0 Å². The van der Waals surface area contributed by atoms with Gasteiger partial charge in [-0.3, -0.25) is 4.79 Å². The number of unbranched alkanes of at least 4 members (excludes halogenated alkanes) is 3. The van der Waals surface area contributed by atoms with Gasteiger partial charge in [0.1, 0.15) is 11.9 Å². The van der Waals surface area contributed by atoms with Crippen molar-refractivity contribution < 1.29 is 24.1 Å². The summed E-state index contributed by atoms with van der Waals surface area (Å²) in [4.78, 5) is 15.3. The number of alkyl halides is 1. The fourth-order valence-corrected chi connectivity index (χ4v) is 9.39. The molecule has 0 aromatic heterocycles. The van der Waals surface area contributed by atoms with Gasteiger partial charge in [-0.15, -0.1) is 0 Å². The highest BCUT2D eigenvalue weighted by Gasteiger charge is 2.59. The Kier molecular flexibility index (Phi) is 10.7. The molecular formula is C41H52FNO4. The summed E-state index contributed by atoms with van der Waals surface area (Å²) in [5.74, 6) is 1.13. The number of aromatic hydroxyl groups is 1. The lowest BCUT2D eigenvalue weighted by molar-refractivity contribution is -0.131. The Balaban J connectivity index is 1.03. The van der Waals surface area contributed by atoms with Crippen molar-refractivity contribution in [3.8, 4) is 16.9 Å². The van der Waals surface area contributed by atoms with Crippen molar-refractivity contribution in [2.75, 3.05) is 26.8 Å². The quantitative estimate of drug-likeness (QED) is 0.185. The van der Waals surface area contributed by atoms with E-state index in [1.165, 1.54) is 5.56 Å². The van der Waals surface area contributed by atoms with Crippen LogP contribution in [0.25, 0.3) is 11.1 Å². The molecule has 2 saturated carbocycles. The van der Waals surface area contributed by atoms with E-state index in [9.17, 15) is 15.0 Å². The van der Waals surface area contributed by atoms with E-state index in [-0.39, 0.29) is 28.9 Å². The molecule has 0 heterocycles. The molecule has 0 radical (unpaired) electrons. The maximum atomic E-state index is 16.1. The summed E-state index contributed by atoms with van der Waals surface area (Å²) in [5, 5.41) is 21.2. The van der Waals surface area contributed by atoms with Crippen LogP contribution in [-0.2, 0) is 22.4 Å². The fourth-order valence-electron chi connectivity index (χ4n) is 9.39. The van der Waals surface area contributed by atoms with Crippen molar-refractivity contribution >= 4 is 5.91 Å². The molecule has 6 heteroatoms. The third-order valence-corrected chi connectivity index (χ3v) is 11.9. The topological polar surface area (TPSA) is 70.0 Å². The van der Waals surface area contributed by atoms with Gasteiger partial charge in [0, 0.05) is 26.1 Å². The Hall–Kier alpha value is -3.22. The average molecular weight is 642 g/mol. The van der Waals surface area contributed by atoms with E-state index in [0.29, 0.717) is 44.4 Å². The molecule has 3 aromatic carbocycles. The zero-order chi connectivity index (χ0) is 33.0. The number of halogens is 1. The number of ether oxygens (including phenoxy) is 1. The summed E-state index contributed by atoms with van der Waals surface area (Å²) in [7, 11) is 1.67. The number of nitrogens with zero attached hydrogens (tertiary/aromatic N) is 1. The minimum atomic E-state index is -0.975. The number of rotatable bonds is 13. The van der Waals surface area contributed by atoms with E-state index in [1.807, 2.05) is 35.2 Å². The molecule has 6 rings (SSSR count). The van der Waals surface area contributed by atoms with Crippen LogP contribution in [0.2, 0.25) is 0 Å². The Morgan fingerprint density at radius 1 is 0.957 bits per heavy atom. The number of carbonyl (C=O) groups is 1. The zero-order valence-corrected chi connectivity index (χ0v) is 28.1. The first-order valence-electron chi connectivity index (χ1n) is 17.8. The number of fused-ring (bicyclic) bond motifs is 5. The van der Waals surface area contributed by atoms with Crippen molar-refractivity contribution in [1.29, 1.82) is 0 Å². The van der Waals surface area contributed by atoms with Gasteiger partial charge in [-0.1, -0.05) is 86.8 Å². The number of hydrogen-bond acceptors (Lipinski definition) is 4. The molecular weight excluding hydrogens is 589 g/mol. The van der Waals surface area contributed by atoms with Crippen molar-refractivity contribution in [2.45, 2.75) is 89.3 Å². The highest BCUT2D eigenvalue weighted by Crippen LogP contribution is 2.63. The lowest BCUT2D eigenvalue weighted by atomic mass is 9.51. The molecule has 0 aliphatic heterocycles. The Bertz CT molecular complexity index is 1480. The molecule has 0 spiro atoms. The van der Waals surface area contributed by atoms with E-state index >= 15 is 4.39 Å². The Labute approximate surface area is 280 Å². The van der Waals surface area contributed by atoms with Crippen molar-refractivity contribution in [3.05, 3.63) is 89.5 Å². The third kappa shape index (κ3) is 7.29. The molecule has 3 unspecified atom stereocenters. The van der Waals surface area contributed by atoms with Crippen LogP contribution in [0.3, 0.4) is 0 Å². The summed E-state index contributed by atoms with van der Waals surface area (Å²) in [6, 6.07) is 24.1. The Morgan fingerprint density at radius 3 is 2.47 bits per heavy atom. The number of hydrogen-bond donors (Lipinski definition) is 2. The molecule has 0 saturated heterocycles. The van der Waals surface area contributed by atoms with Crippen LogP contribution < -0.4 is 0 Å². The van der Waals surface area contributed by atoms with Crippen LogP contribution in [0, 0.1) is 23.2 Å². The van der Waals surface area contributed by atoms with E-state index in [4.69, 9.17) is 4.74 Å². The number of phenols is 1. The van der Waals surface area contributed by atoms with Crippen LogP contribution in [0.1, 0.15) is 80.9 Å². The molecule has 3 aromatic rings. The SMILES string of the molecule is COCCN(CCCCCC[C@@H]1Cc2cc(O)ccc2C2C1C1CC[C@H](O)[C@@]1(C)C[C@@H]2F)C(=O)Cc1ccc(-c2ccccc2)cc1. The summed E-state index contributed by atoms with van der Waals surface area (Å²) in [6.45, 7) is 3.94. The van der Waals surface area contributed by atoms with Crippen LogP contribution in [0.4, 0.5) is 4.39 Å². The summed E-state index contributed by atoms with van der Waals surface area (Å²) in [6.07, 6.45) is 7.13. The van der Waals surface area contributed by atoms with E-state index in [0.717, 1.165) is 73.6 Å². The molecule has 3 aliphatic rings. The van der Waals surface area contributed by atoms with Crippen LogP contribution in [0.5, 0.6) is 5.75 Å². The zero-order valence-electron chi connectivity index (χ0n) is 28.1. The minimum absolute atomic E-state index is 0.129. The number of aliphatic hydroxyl groups excluding tert-OH is 1. The number of phenolic OH excluding ortho intramolecular Hbond substituents is 1. The summed E-state index contributed by atoms with van der Waals surface area (Å²) >= 11 is 0. The highest BCUT2D eigenvalue weighted by atomic mass is 19.1. The fraction of sp³-hybridized carbons (Fsp3) is 0.537. The van der Waals surface area contributed by atoms with Crippen LogP contribution in [-0.4, -0.2) is 60.1 Å². The van der Waals surface area contributed by atoms with E-state index in [1.54, 1.807) is 13.2 Å². The predicted octanol–water partition coefficient (Wildman–Crippen LogP) is 8.12. The van der Waals surface area contributed by atoms with E-state index < -0.39 is 12.3 Å². The molecule has 0 bridgehead atoms. The molecule has 5 nitrogen and oxygen atoms in total. The van der Waals surface area contributed by atoms with Gasteiger partial charge >= 0.3 is 0 Å². The number of carbonyl (C=O) groups excluding carboxylic acids is 1. The van der Waals surface area contributed by atoms with Gasteiger partial charge in [0.25, 0.3) is 0 Å². The van der Waals surface area contributed by atoms with Gasteiger partial charge in [0.2, 0.25) is 5.91 Å². The van der Waals surface area contributed by atoms with Crippen molar-refractivity contribution in [1.82, 2.24) is 4.90 Å². The molecule has 2 fully saturated rings. The van der Waals surface area contributed by atoms with Crippen molar-refractivity contribution in [2.24, 2.45) is 23.2 Å². The van der Waals surface area contributed by atoms with Gasteiger partial charge in [-0.05, 0) is 102 Å². The second-order valence-electron chi connectivity index (χ2n) is 14.7. The first-order chi connectivity index (χ1) is 22.8. The highest BCUT2D eigenvalue weighted by molar-refractivity contribution is 5.79. The molecule has 2 N–H and O–H groups in total. The van der Waals surface area contributed by atoms with Crippen molar-refractivity contribution in [3.63, 3.8) is 0 Å². The number of methoxy groups -OCH3 is 1. The number of amides is 1. The predicted molar refractivity (Wildman–Crippen MR) is 185 cm³/mol. The largest absolute Gasteiger partial charge is 0.508 e. The maximum absolute atomic E-state index is 16.1. The van der Waals surface area contributed by atoms with Gasteiger partial charge in [0.05, 0.1) is 19.1 Å². The lowest BCUT2D eigenvalue weighted by Crippen LogP contribution is -2.51. The van der Waals surface area contributed by atoms with Crippen LogP contribution in [0.15, 0.2) is 72.8 Å². The smallest absolute Gasteiger partial charge is 0.227 e. The maximum Gasteiger partial charge on any atom is 0.227 e. The van der Waals surface area contributed by atoms with Gasteiger partial charge < -0.3 is 19.8 Å². The molecule has 3 aliphatic carbocycles. The molecule has 47 heavy (non-hydrogen) atoms. The van der Waals surface area contributed by atoms with Gasteiger partial charge in [-0.25, -0.2) is 4.39 Å². The molecule has 252 valence electrons. The third-order valence-electron chi connectivity index (χ3n) is 11.9. The number of aliphatic hydroxyl groups is 1. The monoisotopic (exact) mass is 641 g/mol. The first-order valence-corrected chi connectivity index (χ1v) is 17.8. The number of benzene rings is 3. The normalized spacial score (nSPS) is 27.9. The van der Waals surface area contributed by atoms with Gasteiger partial charge in [-0.2, -0.15) is 0 Å². The van der Waals surface area contributed by atoms with E-state index in [2.05, 4.69) is 43.3 Å². The second-order valence-corrected chi connectivity index (χ2v) is 14.7. The molecule has 1 amide bonds. The molecule has 7 atom stereocenters. The second kappa shape index (κ2) is 14.9. The summed E-state index contributed by atoms with van der Waals surface area (Å²) < 4.78 is 21.4. The standard InChI is InChI=1S/C41H52FNO4/c1-41-27-36(42)40-34-18-17-33(44)26-32(34)25-31(39(40)35(41)19-20-37(41)45)12-6-3-4-9-21-43(22-23-47-2)38(46)24-28-13-15-30(16-14-28)29-10-7-5-8-11-29/h5,7-8,10-11,13-18,26,31,35-37,39-40,44-45H,3-4,6,9,12,19-25,27H2,1-2H3/t31-,35?,36+,37+,39?,40?,41+/m1/s1. The Morgan fingerprint density at radius 2 is 1.70 bits per heavy atom. The van der Waals surface area contributed by atoms with Crippen LogP contribution >= 0.6 is 0 Å². The average Bonchev–Trinajstić information content (AvgIpc) is 3.37. The summed E-state index contributed by atoms with van der Waals surface area (Å²) in [5.41, 5.74) is 5.15. The first kappa shape index (κ1) is 33.7. The minimum Gasteiger partial charge on any atom is -0.508 e.